The number of halogens is 1. The van der Waals surface area contributed by atoms with Crippen LogP contribution in [0.5, 0.6) is 0 Å². The normalized spacial score (nSPS) is 15.5. The highest BCUT2D eigenvalue weighted by molar-refractivity contribution is 7.89. The van der Waals surface area contributed by atoms with Crippen LogP contribution >= 0.6 is 11.6 Å². The van der Waals surface area contributed by atoms with Gasteiger partial charge in [-0.3, -0.25) is 9.59 Å². The molecule has 0 saturated carbocycles. The Kier molecular flexibility index (Phi) is 7.12. The van der Waals surface area contributed by atoms with E-state index in [0.717, 1.165) is 18.4 Å². The van der Waals surface area contributed by atoms with Crippen LogP contribution in [0.2, 0.25) is 5.02 Å². The third kappa shape index (κ3) is 5.38. The van der Waals surface area contributed by atoms with Crippen molar-refractivity contribution in [1.29, 1.82) is 0 Å². The highest BCUT2D eigenvalue weighted by Crippen LogP contribution is 2.30. The Bertz CT molecular complexity index is 1020. The van der Waals surface area contributed by atoms with Crippen LogP contribution in [0, 0.1) is 0 Å². The predicted octanol–water partition coefficient (Wildman–Crippen LogP) is 3.33. The molecule has 0 aliphatic carbocycles. The zero-order chi connectivity index (χ0) is 21.7. The van der Waals surface area contributed by atoms with E-state index in [1.165, 1.54) is 23.4 Å². The smallest absolute Gasteiger partial charge is 0.244 e. The minimum absolute atomic E-state index is 0.000425. The number of carbonyl (C=O) groups is 2. The second-order valence-corrected chi connectivity index (χ2v) is 9.49. The van der Waals surface area contributed by atoms with Crippen molar-refractivity contribution in [2.75, 3.05) is 18.4 Å². The van der Waals surface area contributed by atoms with E-state index >= 15 is 0 Å². The third-order valence-electron chi connectivity index (χ3n) is 4.87. The van der Waals surface area contributed by atoms with Crippen molar-refractivity contribution in [2.24, 2.45) is 0 Å². The Morgan fingerprint density at radius 3 is 2.40 bits per heavy atom. The van der Waals surface area contributed by atoms with Gasteiger partial charge in [0.1, 0.15) is 4.90 Å². The van der Waals surface area contributed by atoms with Gasteiger partial charge in [-0.2, -0.15) is 4.31 Å². The van der Waals surface area contributed by atoms with Crippen LogP contribution < -0.4 is 10.6 Å². The van der Waals surface area contributed by atoms with Crippen molar-refractivity contribution in [1.82, 2.24) is 9.62 Å². The Labute approximate surface area is 181 Å². The summed E-state index contributed by atoms with van der Waals surface area (Å²) < 4.78 is 27.1. The van der Waals surface area contributed by atoms with Crippen LogP contribution in [-0.4, -0.2) is 37.6 Å². The topological polar surface area (TPSA) is 95.6 Å². The summed E-state index contributed by atoms with van der Waals surface area (Å²) in [6, 6.07) is 13.1. The van der Waals surface area contributed by atoms with Crippen LogP contribution in [0.15, 0.2) is 53.4 Å². The summed E-state index contributed by atoms with van der Waals surface area (Å²) >= 11 is 6.15. The highest BCUT2D eigenvalue weighted by atomic mass is 35.5. The van der Waals surface area contributed by atoms with Crippen LogP contribution in [-0.2, 0) is 19.6 Å². The quantitative estimate of drug-likeness (QED) is 0.677. The molecule has 30 heavy (non-hydrogen) atoms. The van der Waals surface area contributed by atoms with E-state index in [2.05, 4.69) is 10.6 Å². The molecule has 1 saturated heterocycles. The molecule has 0 bridgehead atoms. The molecule has 2 aromatic rings. The van der Waals surface area contributed by atoms with Crippen molar-refractivity contribution in [2.45, 2.75) is 37.1 Å². The molecule has 1 heterocycles. The van der Waals surface area contributed by atoms with E-state index in [1.54, 1.807) is 6.07 Å². The first-order valence-electron chi connectivity index (χ1n) is 9.69. The van der Waals surface area contributed by atoms with E-state index in [1.807, 2.05) is 30.3 Å². The first kappa shape index (κ1) is 22.3. The summed E-state index contributed by atoms with van der Waals surface area (Å²) in [5.74, 6) is -0.605. The number of amides is 2. The monoisotopic (exact) mass is 449 g/mol. The van der Waals surface area contributed by atoms with Crippen molar-refractivity contribution in [3.05, 3.63) is 59.1 Å². The number of sulfonamides is 1. The van der Waals surface area contributed by atoms with Crippen molar-refractivity contribution in [3.63, 3.8) is 0 Å². The maximum Gasteiger partial charge on any atom is 0.244 e. The molecule has 0 spiro atoms. The lowest BCUT2D eigenvalue weighted by atomic mass is 10.0. The Balaban J connectivity index is 1.77. The van der Waals surface area contributed by atoms with E-state index in [-0.39, 0.29) is 28.2 Å². The minimum Gasteiger partial charge on any atom is -0.349 e. The molecular weight excluding hydrogens is 426 g/mol. The standard InChI is InChI=1S/C21H24ClN3O4S/c1-15(26)23-19(16-7-3-2-4-8-16)14-21(27)24-17-9-10-18(22)20(13-17)30(28,29)25-11-5-6-12-25/h2-4,7-10,13,19H,5-6,11-12,14H2,1H3,(H,23,26)(H,24,27)/t19-/m1/s1. The number of rotatable bonds is 7. The fraction of sp³-hybridized carbons (Fsp3) is 0.333. The molecule has 1 fully saturated rings. The van der Waals surface area contributed by atoms with Gasteiger partial charge in [0.15, 0.2) is 0 Å². The molecular formula is C21H24ClN3O4S. The van der Waals surface area contributed by atoms with Crippen molar-refractivity contribution >= 4 is 39.1 Å². The number of carbonyl (C=O) groups excluding carboxylic acids is 2. The molecule has 2 amide bonds. The molecule has 2 aromatic carbocycles. The maximum absolute atomic E-state index is 12.9. The molecule has 2 N–H and O–H groups in total. The zero-order valence-electron chi connectivity index (χ0n) is 16.6. The van der Waals surface area contributed by atoms with Crippen molar-refractivity contribution in [3.8, 4) is 0 Å². The Hall–Kier alpha value is -2.42. The SMILES string of the molecule is CC(=O)N[C@H](CC(=O)Nc1ccc(Cl)c(S(=O)(=O)N2CCCC2)c1)c1ccccc1. The lowest BCUT2D eigenvalue weighted by Crippen LogP contribution is -2.30. The molecule has 1 atom stereocenters. The van der Waals surface area contributed by atoms with Crippen LogP contribution in [0.3, 0.4) is 0 Å². The number of nitrogens with one attached hydrogen (secondary N) is 2. The van der Waals surface area contributed by atoms with Gasteiger partial charge in [0, 0.05) is 25.7 Å². The van der Waals surface area contributed by atoms with Gasteiger partial charge in [-0.15, -0.1) is 0 Å². The Morgan fingerprint density at radius 1 is 1.10 bits per heavy atom. The van der Waals surface area contributed by atoms with Crippen LogP contribution in [0.4, 0.5) is 5.69 Å². The van der Waals surface area contributed by atoms with Gasteiger partial charge >= 0.3 is 0 Å². The van der Waals surface area contributed by atoms with E-state index < -0.39 is 16.1 Å². The summed E-state index contributed by atoms with van der Waals surface area (Å²) in [5, 5.41) is 5.60. The van der Waals surface area contributed by atoms with E-state index in [0.29, 0.717) is 18.8 Å². The van der Waals surface area contributed by atoms with Crippen LogP contribution in [0.1, 0.15) is 37.8 Å². The molecule has 3 rings (SSSR count). The first-order valence-corrected chi connectivity index (χ1v) is 11.5. The summed E-state index contributed by atoms with van der Waals surface area (Å²) in [4.78, 5) is 24.2. The number of benzene rings is 2. The lowest BCUT2D eigenvalue weighted by molar-refractivity contribution is -0.120. The molecule has 7 nitrogen and oxygen atoms in total. The summed E-state index contributed by atoms with van der Waals surface area (Å²) in [5.41, 5.74) is 1.13. The van der Waals surface area contributed by atoms with E-state index in [9.17, 15) is 18.0 Å². The fourth-order valence-corrected chi connectivity index (χ4v) is 5.44. The molecule has 0 unspecified atom stereocenters. The van der Waals surface area contributed by atoms with E-state index in [4.69, 9.17) is 11.6 Å². The molecule has 0 radical (unpaired) electrons. The Morgan fingerprint density at radius 2 is 1.77 bits per heavy atom. The maximum atomic E-state index is 12.9. The third-order valence-corrected chi connectivity index (χ3v) is 7.25. The molecule has 1 aliphatic heterocycles. The molecule has 0 aromatic heterocycles. The summed E-state index contributed by atoms with van der Waals surface area (Å²) in [6.45, 7) is 2.32. The molecule has 1 aliphatic rings. The average molecular weight is 450 g/mol. The first-order chi connectivity index (χ1) is 14.3. The number of hydrogen-bond donors (Lipinski definition) is 2. The average Bonchev–Trinajstić information content (AvgIpc) is 3.25. The number of hydrogen-bond acceptors (Lipinski definition) is 4. The summed E-state index contributed by atoms with van der Waals surface area (Å²) in [7, 11) is -3.72. The van der Waals surface area contributed by atoms with Gasteiger partial charge in [0.05, 0.1) is 17.5 Å². The second-order valence-electron chi connectivity index (χ2n) is 7.17. The van der Waals surface area contributed by atoms with Gasteiger partial charge < -0.3 is 10.6 Å². The largest absolute Gasteiger partial charge is 0.349 e. The minimum atomic E-state index is -3.72. The van der Waals surface area contributed by atoms with Gasteiger partial charge in [0.2, 0.25) is 21.8 Å². The lowest BCUT2D eigenvalue weighted by Gasteiger charge is -2.19. The van der Waals surface area contributed by atoms with Gasteiger partial charge in [-0.25, -0.2) is 8.42 Å². The number of nitrogens with zero attached hydrogens (tertiary/aromatic N) is 1. The fourth-order valence-electron chi connectivity index (χ4n) is 3.43. The highest BCUT2D eigenvalue weighted by Gasteiger charge is 2.29. The molecule has 9 heteroatoms. The number of anilines is 1. The van der Waals surface area contributed by atoms with Gasteiger partial charge in [-0.05, 0) is 36.6 Å². The van der Waals surface area contributed by atoms with Gasteiger partial charge in [0.25, 0.3) is 0 Å². The van der Waals surface area contributed by atoms with Crippen molar-refractivity contribution < 1.29 is 18.0 Å². The predicted molar refractivity (Wildman–Crippen MR) is 116 cm³/mol. The molecule has 160 valence electrons. The second kappa shape index (κ2) is 9.59. The van der Waals surface area contributed by atoms with Crippen LogP contribution in [0.25, 0.3) is 0 Å². The zero-order valence-corrected chi connectivity index (χ0v) is 18.2. The summed E-state index contributed by atoms with van der Waals surface area (Å²) in [6.07, 6.45) is 1.63. The van der Waals surface area contributed by atoms with Gasteiger partial charge in [-0.1, -0.05) is 41.9 Å².